The predicted octanol–water partition coefficient (Wildman–Crippen LogP) is 3.06. The summed E-state index contributed by atoms with van der Waals surface area (Å²) >= 11 is 3.57. The van der Waals surface area contributed by atoms with E-state index in [1.165, 1.54) is 0 Å². The molecule has 0 aliphatic heterocycles. The molecule has 0 N–H and O–H groups in total. The molecule has 0 saturated heterocycles. The van der Waals surface area contributed by atoms with Crippen molar-refractivity contribution >= 4 is 27.0 Å². The van der Waals surface area contributed by atoms with Crippen LogP contribution in [0.15, 0.2) is 36.8 Å². The van der Waals surface area contributed by atoms with E-state index in [1.54, 1.807) is 17.1 Å². The van der Waals surface area contributed by atoms with Crippen LogP contribution in [-0.4, -0.2) is 25.0 Å². The Bertz CT molecular complexity index is 709. The summed E-state index contributed by atoms with van der Waals surface area (Å²) in [6, 6.07) is 5.85. The third kappa shape index (κ3) is 2.35. The van der Waals surface area contributed by atoms with Crippen molar-refractivity contribution in [3.63, 3.8) is 0 Å². The van der Waals surface area contributed by atoms with Crippen LogP contribution in [0.3, 0.4) is 0 Å². The second kappa shape index (κ2) is 5.05. The minimum atomic E-state index is 0.237. The molecule has 0 spiro atoms. The van der Waals surface area contributed by atoms with Crippen LogP contribution < -0.4 is 0 Å². The summed E-state index contributed by atoms with van der Waals surface area (Å²) < 4.78 is 1.76. The Morgan fingerprint density at radius 3 is 2.79 bits per heavy atom. The first-order valence-corrected chi connectivity index (χ1v) is 6.97. The number of alkyl halides is 1. The smallest absolute Gasteiger partial charge is 0.0967 e. The highest BCUT2D eigenvalue weighted by Crippen LogP contribution is 2.24. The maximum atomic E-state index is 4.29. The highest BCUT2D eigenvalue weighted by Gasteiger charge is 2.10. The van der Waals surface area contributed by atoms with Gasteiger partial charge >= 0.3 is 0 Å². The topological polar surface area (TPSA) is 56.5 Å². The fraction of sp³-hybridized carbons (Fsp3) is 0.231. The quantitative estimate of drug-likeness (QED) is 0.697. The molecule has 96 valence electrons. The Morgan fingerprint density at radius 2 is 2.00 bits per heavy atom. The van der Waals surface area contributed by atoms with Crippen LogP contribution in [0.4, 0.5) is 0 Å². The minimum Gasteiger partial charge on any atom is -0.253 e. The third-order valence-electron chi connectivity index (χ3n) is 2.91. The van der Waals surface area contributed by atoms with Crippen molar-refractivity contribution in [2.45, 2.75) is 18.2 Å². The fourth-order valence-electron chi connectivity index (χ4n) is 1.85. The Kier molecular flexibility index (Phi) is 3.25. The summed E-state index contributed by atoms with van der Waals surface area (Å²) in [5.41, 5.74) is 3.59. The maximum absolute atomic E-state index is 4.29. The summed E-state index contributed by atoms with van der Waals surface area (Å²) in [6.07, 6.45) is 6.28. The normalized spacial score (nSPS) is 12.7. The molecule has 0 fully saturated rings. The van der Waals surface area contributed by atoms with Crippen molar-refractivity contribution in [3.05, 3.63) is 42.5 Å². The third-order valence-corrected chi connectivity index (χ3v) is 4.02. The molecule has 5 nitrogen and oxygen atoms in total. The lowest BCUT2D eigenvalue weighted by molar-refractivity contribution is 0.791. The molecular formula is C13H12BrN5. The molecule has 0 saturated carbocycles. The lowest BCUT2D eigenvalue weighted by atomic mass is 10.2. The number of hydrogen-bond donors (Lipinski definition) is 0. The summed E-state index contributed by atoms with van der Waals surface area (Å²) in [7, 11) is 0. The molecule has 3 rings (SSSR count). The molecule has 0 aliphatic rings. The number of benzene rings is 1. The van der Waals surface area contributed by atoms with E-state index in [1.807, 2.05) is 24.4 Å². The van der Waals surface area contributed by atoms with Crippen LogP contribution in [0.5, 0.6) is 0 Å². The molecule has 1 aromatic carbocycles. The fourth-order valence-corrected chi connectivity index (χ4v) is 2.06. The SMILES string of the molecule is CCC(Br)c1cn(-c2ccc3nccnc3c2)nn1. The van der Waals surface area contributed by atoms with Gasteiger partial charge in [0.15, 0.2) is 0 Å². The molecule has 3 aromatic rings. The van der Waals surface area contributed by atoms with Gasteiger partial charge in [-0.05, 0) is 24.6 Å². The number of hydrogen-bond acceptors (Lipinski definition) is 4. The first-order chi connectivity index (χ1) is 9.28. The van der Waals surface area contributed by atoms with Gasteiger partial charge in [0.2, 0.25) is 0 Å². The lowest BCUT2D eigenvalue weighted by Gasteiger charge is -2.02. The summed E-state index contributed by atoms with van der Waals surface area (Å²) in [5, 5.41) is 8.32. The summed E-state index contributed by atoms with van der Waals surface area (Å²) in [5.74, 6) is 0. The van der Waals surface area contributed by atoms with Gasteiger partial charge in [-0.3, -0.25) is 9.97 Å². The van der Waals surface area contributed by atoms with Gasteiger partial charge in [0.05, 0.1) is 33.4 Å². The summed E-state index contributed by atoms with van der Waals surface area (Å²) in [4.78, 5) is 8.78. The van der Waals surface area contributed by atoms with E-state index < -0.39 is 0 Å². The number of rotatable bonds is 3. The molecular weight excluding hydrogens is 306 g/mol. The van der Waals surface area contributed by atoms with Crippen molar-refractivity contribution in [2.75, 3.05) is 0 Å². The van der Waals surface area contributed by atoms with E-state index in [2.05, 4.69) is 43.1 Å². The highest BCUT2D eigenvalue weighted by atomic mass is 79.9. The first kappa shape index (κ1) is 12.2. The molecule has 0 radical (unpaired) electrons. The molecule has 0 amide bonds. The largest absolute Gasteiger partial charge is 0.253 e. The van der Waals surface area contributed by atoms with Crippen molar-refractivity contribution in [3.8, 4) is 5.69 Å². The van der Waals surface area contributed by atoms with Gasteiger partial charge in [-0.2, -0.15) is 0 Å². The number of aromatic nitrogens is 5. The predicted molar refractivity (Wildman–Crippen MR) is 76.4 cm³/mol. The Balaban J connectivity index is 2.01. The Labute approximate surface area is 118 Å². The molecule has 0 bridgehead atoms. The molecule has 2 aromatic heterocycles. The summed E-state index contributed by atoms with van der Waals surface area (Å²) in [6.45, 7) is 2.10. The van der Waals surface area contributed by atoms with Crippen molar-refractivity contribution in [1.82, 2.24) is 25.0 Å². The van der Waals surface area contributed by atoms with E-state index in [0.29, 0.717) is 0 Å². The standard InChI is InChI=1S/C13H12BrN5/c1-2-10(14)13-8-19(18-17-13)9-3-4-11-12(7-9)16-6-5-15-11/h3-8,10H,2H2,1H3. The molecule has 2 heterocycles. The zero-order valence-electron chi connectivity index (χ0n) is 10.4. The first-order valence-electron chi connectivity index (χ1n) is 6.05. The lowest BCUT2D eigenvalue weighted by Crippen LogP contribution is -1.95. The van der Waals surface area contributed by atoms with E-state index in [4.69, 9.17) is 0 Å². The van der Waals surface area contributed by atoms with Gasteiger partial charge in [0, 0.05) is 12.4 Å². The zero-order valence-corrected chi connectivity index (χ0v) is 11.9. The van der Waals surface area contributed by atoms with E-state index >= 15 is 0 Å². The molecule has 0 aliphatic carbocycles. The van der Waals surface area contributed by atoms with Crippen LogP contribution in [0.25, 0.3) is 16.7 Å². The Morgan fingerprint density at radius 1 is 1.21 bits per heavy atom. The van der Waals surface area contributed by atoms with Gasteiger partial charge in [-0.15, -0.1) is 5.10 Å². The average Bonchev–Trinajstić information content (AvgIpc) is 2.95. The van der Waals surface area contributed by atoms with Crippen LogP contribution >= 0.6 is 15.9 Å². The molecule has 6 heteroatoms. The monoisotopic (exact) mass is 317 g/mol. The van der Waals surface area contributed by atoms with Crippen molar-refractivity contribution in [2.24, 2.45) is 0 Å². The molecule has 1 atom stereocenters. The number of halogens is 1. The Hall–Kier alpha value is -1.82. The van der Waals surface area contributed by atoms with Gasteiger partial charge in [-0.1, -0.05) is 28.1 Å². The second-order valence-electron chi connectivity index (χ2n) is 4.19. The van der Waals surface area contributed by atoms with Crippen molar-refractivity contribution in [1.29, 1.82) is 0 Å². The molecule has 19 heavy (non-hydrogen) atoms. The van der Waals surface area contributed by atoms with E-state index in [9.17, 15) is 0 Å². The van der Waals surface area contributed by atoms with Crippen LogP contribution in [0.2, 0.25) is 0 Å². The van der Waals surface area contributed by atoms with Gasteiger partial charge < -0.3 is 0 Å². The zero-order chi connectivity index (χ0) is 13.2. The van der Waals surface area contributed by atoms with Gasteiger partial charge in [0.1, 0.15) is 0 Å². The number of nitrogens with zero attached hydrogens (tertiary/aromatic N) is 5. The minimum absolute atomic E-state index is 0.237. The van der Waals surface area contributed by atoms with E-state index in [-0.39, 0.29) is 4.83 Å². The molecule has 1 unspecified atom stereocenters. The second-order valence-corrected chi connectivity index (χ2v) is 5.30. The highest BCUT2D eigenvalue weighted by molar-refractivity contribution is 9.09. The number of fused-ring (bicyclic) bond motifs is 1. The average molecular weight is 318 g/mol. The van der Waals surface area contributed by atoms with Crippen LogP contribution in [-0.2, 0) is 0 Å². The van der Waals surface area contributed by atoms with Gasteiger partial charge in [0.25, 0.3) is 0 Å². The van der Waals surface area contributed by atoms with E-state index in [0.717, 1.165) is 28.8 Å². The van der Waals surface area contributed by atoms with Crippen LogP contribution in [0.1, 0.15) is 23.9 Å². The maximum Gasteiger partial charge on any atom is 0.0967 e. The van der Waals surface area contributed by atoms with Gasteiger partial charge in [-0.25, -0.2) is 4.68 Å². The van der Waals surface area contributed by atoms with Crippen LogP contribution in [0, 0.1) is 0 Å². The van der Waals surface area contributed by atoms with Crippen molar-refractivity contribution < 1.29 is 0 Å².